The van der Waals surface area contributed by atoms with Gasteiger partial charge in [0.2, 0.25) is 11.8 Å². The molecule has 3 fully saturated rings. The summed E-state index contributed by atoms with van der Waals surface area (Å²) in [7, 11) is 1.63. The Labute approximate surface area is 417 Å². The van der Waals surface area contributed by atoms with Crippen LogP contribution in [0.4, 0.5) is 21.6 Å². The van der Waals surface area contributed by atoms with E-state index >= 15 is 4.39 Å². The van der Waals surface area contributed by atoms with Crippen LogP contribution in [0.3, 0.4) is 0 Å². The van der Waals surface area contributed by atoms with Crippen LogP contribution in [0, 0.1) is 5.82 Å². The summed E-state index contributed by atoms with van der Waals surface area (Å²) in [5.41, 5.74) is 3.30. The van der Waals surface area contributed by atoms with Crippen molar-refractivity contribution in [1.82, 2.24) is 34.6 Å². The highest BCUT2D eigenvalue weighted by Gasteiger charge is 2.46. The molecular weight excluding hydrogens is 942 g/mol. The van der Waals surface area contributed by atoms with E-state index in [-0.39, 0.29) is 59.5 Å². The SMILES string of the molecule is Cn1cc(-c2cccc(-n3ccc4cc(C5CC5)cc(F)c4c3=O)c2CO)cc(Nc2ccc(N3CCN(CCOCCNC(=O)COc4cccc5c4C(=O)N(C4CCC(=O)NC4=O)C5=O)CC3)cn2)c1=O. The van der Waals surface area contributed by atoms with Crippen LogP contribution in [0.25, 0.3) is 27.6 Å². The molecule has 0 bridgehead atoms. The molecule has 10 rings (SSSR count). The minimum Gasteiger partial charge on any atom is -0.483 e. The number of pyridine rings is 3. The molecule has 5 amide bonds. The summed E-state index contributed by atoms with van der Waals surface area (Å²) in [5.74, 6) is -2.78. The van der Waals surface area contributed by atoms with Gasteiger partial charge in [-0.15, -0.1) is 0 Å². The number of anilines is 3. The largest absolute Gasteiger partial charge is 0.483 e. The summed E-state index contributed by atoms with van der Waals surface area (Å²) in [6.45, 7) is 3.85. The Morgan fingerprint density at radius 1 is 0.890 bits per heavy atom. The van der Waals surface area contributed by atoms with Gasteiger partial charge in [0.25, 0.3) is 28.8 Å². The number of aromatic nitrogens is 3. The number of aliphatic hydroxyl groups excluding tert-OH is 1. The van der Waals surface area contributed by atoms with Crippen molar-refractivity contribution in [3.05, 3.63) is 140 Å². The first-order valence-electron chi connectivity index (χ1n) is 24.2. The van der Waals surface area contributed by atoms with Crippen molar-refractivity contribution in [2.45, 2.75) is 44.2 Å². The summed E-state index contributed by atoms with van der Waals surface area (Å²) in [5, 5.41) is 19.3. The van der Waals surface area contributed by atoms with Gasteiger partial charge >= 0.3 is 0 Å². The number of carbonyl (C=O) groups is 5. The van der Waals surface area contributed by atoms with Gasteiger partial charge in [-0.3, -0.25) is 53.2 Å². The average molecular weight is 994 g/mol. The van der Waals surface area contributed by atoms with Gasteiger partial charge in [-0.2, -0.15) is 0 Å². The predicted molar refractivity (Wildman–Crippen MR) is 267 cm³/mol. The summed E-state index contributed by atoms with van der Waals surface area (Å²) in [4.78, 5) is 100. The third-order valence-corrected chi connectivity index (χ3v) is 13.7. The van der Waals surface area contributed by atoms with Crippen LogP contribution in [0.2, 0.25) is 0 Å². The van der Waals surface area contributed by atoms with Crippen LogP contribution in [0.1, 0.15) is 63.4 Å². The summed E-state index contributed by atoms with van der Waals surface area (Å²) < 4.78 is 29.6. The fourth-order valence-electron chi connectivity index (χ4n) is 9.75. The normalized spacial score (nSPS) is 17.0. The molecule has 3 aromatic heterocycles. The molecule has 73 heavy (non-hydrogen) atoms. The van der Waals surface area contributed by atoms with Crippen molar-refractivity contribution < 1.29 is 42.9 Å². The Bertz CT molecular complexity index is 3310. The molecule has 1 unspecified atom stereocenters. The number of ether oxygens (including phenoxy) is 2. The molecule has 1 saturated carbocycles. The molecule has 4 N–H and O–H groups in total. The third kappa shape index (κ3) is 9.96. The zero-order valence-electron chi connectivity index (χ0n) is 39.9. The molecule has 1 atom stereocenters. The number of piperidine rings is 1. The van der Waals surface area contributed by atoms with Gasteiger partial charge in [0.1, 0.15) is 29.1 Å². The van der Waals surface area contributed by atoms with E-state index in [1.165, 1.54) is 33.4 Å². The molecular formula is C53H52FN9O10. The highest BCUT2D eigenvalue weighted by Crippen LogP contribution is 2.41. The Morgan fingerprint density at radius 3 is 2.44 bits per heavy atom. The summed E-state index contributed by atoms with van der Waals surface area (Å²) in [6, 6.07) is 19.1. The molecule has 19 nitrogen and oxygen atoms in total. The van der Waals surface area contributed by atoms with E-state index in [0.717, 1.165) is 55.2 Å². The Hall–Kier alpha value is -8.07. The number of nitrogens with zero attached hydrogens (tertiary/aromatic N) is 6. The number of aryl methyl sites for hydroxylation is 1. The lowest BCUT2D eigenvalue weighted by Crippen LogP contribution is -2.54. The first-order chi connectivity index (χ1) is 35.4. The molecule has 6 heterocycles. The maximum absolute atomic E-state index is 15.4. The van der Waals surface area contributed by atoms with Crippen LogP contribution < -0.4 is 36.7 Å². The number of benzene rings is 3. The number of imide groups is 2. The number of halogens is 1. The Morgan fingerprint density at radius 2 is 1.68 bits per heavy atom. The number of hydrogen-bond donors (Lipinski definition) is 4. The third-order valence-electron chi connectivity index (χ3n) is 13.7. The maximum Gasteiger partial charge on any atom is 0.274 e. The number of carbonyl (C=O) groups excluding carboxylic acids is 5. The van der Waals surface area contributed by atoms with Crippen LogP contribution in [0.5, 0.6) is 5.75 Å². The highest BCUT2D eigenvalue weighted by molar-refractivity contribution is 6.24. The molecule has 1 aliphatic carbocycles. The van der Waals surface area contributed by atoms with Crippen molar-refractivity contribution in [2.24, 2.45) is 7.05 Å². The number of aliphatic hydroxyl groups is 1. The van der Waals surface area contributed by atoms with Crippen molar-refractivity contribution in [3.63, 3.8) is 0 Å². The zero-order valence-corrected chi connectivity index (χ0v) is 39.9. The van der Waals surface area contributed by atoms with Gasteiger partial charge in [0, 0.05) is 76.3 Å². The number of hydrogen-bond acceptors (Lipinski definition) is 14. The van der Waals surface area contributed by atoms with E-state index in [4.69, 9.17) is 9.47 Å². The fourth-order valence-corrected chi connectivity index (χ4v) is 9.75. The van der Waals surface area contributed by atoms with E-state index in [1.807, 2.05) is 12.1 Å². The lowest BCUT2D eigenvalue weighted by atomic mass is 9.98. The number of piperazine rings is 1. The molecule has 6 aromatic rings. The van der Waals surface area contributed by atoms with Crippen LogP contribution in [-0.4, -0.2) is 124 Å². The number of rotatable bonds is 17. The quantitative estimate of drug-likeness (QED) is 0.0755. The van der Waals surface area contributed by atoms with Crippen molar-refractivity contribution in [2.75, 3.05) is 69.3 Å². The lowest BCUT2D eigenvalue weighted by Gasteiger charge is -2.35. The van der Waals surface area contributed by atoms with Gasteiger partial charge in [0.05, 0.1) is 53.9 Å². The average Bonchev–Trinajstić information content (AvgIpc) is 4.21. The molecule has 0 radical (unpaired) electrons. The number of amides is 5. The van der Waals surface area contributed by atoms with Gasteiger partial charge < -0.3 is 34.7 Å². The second-order valence-electron chi connectivity index (χ2n) is 18.5. The monoisotopic (exact) mass is 993 g/mol. The van der Waals surface area contributed by atoms with E-state index in [9.17, 15) is 38.7 Å². The molecule has 4 aliphatic rings. The standard InChI is InChI=1S/C53H52FN9O10/c1-59-28-34(36-4-2-6-41(38(36)29-64)62-16-14-32-24-33(31-8-9-31)25-39(54)47(32)52(62)70)26-40(51(59)69)57-44-12-10-35(27-56-44)61-19-17-60(18-20-61)21-23-72-22-15-55-46(66)30-73-43-7-3-5-37-48(43)53(71)63(50(37)68)42-11-13-45(65)58-49(42)67/h2-7,10,12,14,16,24-28,31,42,64H,8-9,11,13,15,17-23,29-30H2,1H3,(H,55,66)(H,56,57)(H,58,65,67). The molecule has 0 spiro atoms. The minimum atomic E-state index is -1.12. The molecule has 20 heteroatoms. The van der Waals surface area contributed by atoms with Gasteiger partial charge in [-0.05, 0) is 90.2 Å². The van der Waals surface area contributed by atoms with Gasteiger partial charge in [-0.1, -0.05) is 24.3 Å². The topological polar surface area (TPSA) is 227 Å². The Balaban J connectivity index is 0.680. The van der Waals surface area contributed by atoms with E-state index in [2.05, 4.69) is 30.7 Å². The molecule has 3 aliphatic heterocycles. The van der Waals surface area contributed by atoms with Crippen molar-refractivity contribution in [1.29, 1.82) is 0 Å². The Kier molecular flexibility index (Phi) is 13.7. The zero-order chi connectivity index (χ0) is 50.9. The predicted octanol–water partition coefficient (Wildman–Crippen LogP) is 3.74. The first-order valence-corrected chi connectivity index (χ1v) is 24.2. The maximum atomic E-state index is 15.4. The summed E-state index contributed by atoms with van der Waals surface area (Å²) >= 11 is 0. The second-order valence-corrected chi connectivity index (χ2v) is 18.5. The van der Waals surface area contributed by atoms with E-state index in [0.29, 0.717) is 52.7 Å². The van der Waals surface area contributed by atoms with Crippen LogP contribution >= 0.6 is 0 Å². The van der Waals surface area contributed by atoms with Crippen molar-refractivity contribution >= 4 is 57.5 Å². The molecule has 376 valence electrons. The van der Waals surface area contributed by atoms with E-state index < -0.39 is 60.2 Å². The number of fused-ring (bicyclic) bond motifs is 2. The van der Waals surface area contributed by atoms with Gasteiger partial charge in [0.15, 0.2) is 6.61 Å². The summed E-state index contributed by atoms with van der Waals surface area (Å²) in [6.07, 6.45) is 7.06. The highest BCUT2D eigenvalue weighted by atomic mass is 19.1. The lowest BCUT2D eigenvalue weighted by molar-refractivity contribution is -0.136. The second kappa shape index (κ2) is 20.6. The van der Waals surface area contributed by atoms with Gasteiger partial charge in [-0.25, -0.2) is 9.37 Å². The van der Waals surface area contributed by atoms with Crippen LogP contribution in [-0.2, 0) is 32.8 Å². The number of nitrogens with one attached hydrogen (secondary N) is 3. The minimum absolute atomic E-state index is 0.00158. The molecule has 2 saturated heterocycles. The van der Waals surface area contributed by atoms with Crippen molar-refractivity contribution in [3.8, 4) is 22.6 Å². The van der Waals surface area contributed by atoms with E-state index in [1.54, 1.807) is 62.0 Å². The van der Waals surface area contributed by atoms with Crippen LogP contribution in [0.15, 0.2) is 101 Å². The smallest absolute Gasteiger partial charge is 0.274 e. The fraction of sp³-hybridized carbons (Fsp3) is 0.321. The first kappa shape index (κ1) is 48.6. The molecule has 3 aromatic carbocycles.